The van der Waals surface area contributed by atoms with Crippen LogP contribution in [-0.2, 0) is 28.5 Å². The Labute approximate surface area is 311 Å². The molecule has 0 fully saturated rings. The fourth-order valence-electron chi connectivity index (χ4n) is 7.27. The number of fused-ring (bicyclic) bond motifs is 1. The van der Waals surface area contributed by atoms with Crippen LogP contribution in [0.3, 0.4) is 0 Å². The molecule has 0 radical (unpaired) electrons. The Morgan fingerprint density at radius 3 is 1.98 bits per heavy atom. The second-order valence-corrected chi connectivity index (χ2v) is 21.8. The number of amides is 1. The number of carbonyl (C=O) groups excluding carboxylic acids is 1. The summed E-state index contributed by atoms with van der Waals surface area (Å²) in [7, 11) is -4.21. The van der Waals surface area contributed by atoms with Gasteiger partial charge in [-0.3, -0.25) is 4.79 Å². The lowest BCUT2D eigenvalue weighted by Crippen LogP contribution is -2.66. The normalized spacial score (nSPS) is 15.6. The van der Waals surface area contributed by atoms with Gasteiger partial charge in [0.05, 0.1) is 16.5 Å². The Bertz CT molecular complexity index is 1990. The van der Waals surface area contributed by atoms with E-state index >= 15 is 0 Å². The van der Waals surface area contributed by atoms with E-state index in [1.165, 1.54) is 16.4 Å². The molecule has 1 aliphatic heterocycles. The largest absolute Gasteiger partial charge is 0.407 e. The first-order chi connectivity index (χ1) is 24.8. The van der Waals surface area contributed by atoms with Gasteiger partial charge in [-0.05, 0) is 60.3 Å². The minimum absolute atomic E-state index is 0.0350. The number of rotatable bonds is 11. The van der Waals surface area contributed by atoms with Crippen LogP contribution < -0.4 is 15.7 Å². The van der Waals surface area contributed by atoms with E-state index in [0.717, 1.165) is 16.7 Å². The van der Waals surface area contributed by atoms with Crippen LogP contribution in [0.25, 0.3) is 11.3 Å². The van der Waals surface area contributed by atoms with E-state index in [1.807, 2.05) is 69.3 Å². The minimum Gasteiger partial charge on any atom is -0.407 e. The lowest BCUT2D eigenvalue weighted by Gasteiger charge is -2.43. The van der Waals surface area contributed by atoms with E-state index in [-0.39, 0.29) is 29.1 Å². The summed E-state index contributed by atoms with van der Waals surface area (Å²) < 4.78 is 37.6. The van der Waals surface area contributed by atoms with Crippen molar-refractivity contribution in [2.75, 3.05) is 6.61 Å². The topological polar surface area (TPSA) is 71.5 Å². The van der Waals surface area contributed by atoms with Crippen LogP contribution in [0, 0.1) is 5.82 Å². The van der Waals surface area contributed by atoms with Crippen molar-refractivity contribution in [2.45, 2.75) is 76.9 Å². The van der Waals surface area contributed by atoms with Crippen molar-refractivity contribution in [3.8, 4) is 11.3 Å². The zero-order valence-corrected chi connectivity index (χ0v) is 32.7. The van der Waals surface area contributed by atoms with Gasteiger partial charge in [0.15, 0.2) is 0 Å². The highest BCUT2D eigenvalue weighted by molar-refractivity contribution is 7.84. The van der Waals surface area contributed by atoms with E-state index in [9.17, 15) is 13.4 Å². The Morgan fingerprint density at radius 1 is 0.865 bits per heavy atom. The molecule has 52 heavy (non-hydrogen) atoms. The number of benzene rings is 4. The number of aromatic nitrogens is 1. The number of hydrogen-bond acceptors (Lipinski definition) is 4. The number of nitrogens with zero attached hydrogens (tertiary/aromatic N) is 2. The number of hydrogen-bond donors (Lipinski definition) is 1. The monoisotopic (exact) mass is 733 g/mol. The van der Waals surface area contributed by atoms with Gasteiger partial charge in [-0.2, -0.15) is 0 Å². The Hall–Kier alpha value is -4.28. The summed E-state index contributed by atoms with van der Waals surface area (Å²) in [6, 6.07) is 38.9. The second-order valence-electron chi connectivity index (χ2n) is 15.3. The molecule has 4 aromatic carbocycles. The third kappa shape index (κ3) is 7.59. The van der Waals surface area contributed by atoms with Gasteiger partial charge >= 0.3 is 0 Å². The van der Waals surface area contributed by atoms with E-state index in [2.05, 4.69) is 78.9 Å². The summed E-state index contributed by atoms with van der Waals surface area (Å²) in [4.78, 5) is 18.6. The quantitative estimate of drug-likeness (QED) is 0.139. The van der Waals surface area contributed by atoms with Crippen molar-refractivity contribution >= 4 is 35.6 Å². The number of halogens is 1. The SMILES string of the molecule is CC(C)(C)[S@@](=O)N1Cc2cc(C(=O)NCc3ccccc3F)nc(-c3ccccc3)c2[C@H]1CCO[Si](c1ccccc1)(c1ccccc1)C(C)(C)C. The molecule has 6 nitrogen and oxygen atoms in total. The maximum Gasteiger partial charge on any atom is 0.270 e. The molecule has 0 bridgehead atoms. The van der Waals surface area contributed by atoms with Crippen LogP contribution >= 0.6 is 0 Å². The number of pyridine rings is 1. The molecule has 0 unspecified atom stereocenters. The highest BCUT2D eigenvalue weighted by atomic mass is 32.2. The molecule has 0 spiro atoms. The summed E-state index contributed by atoms with van der Waals surface area (Å²) in [5, 5.41) is 5.07. The van der Waals surface area contributed by atoms with Gasteiger partial charge in [0.25, 0.3) is 14.2 Å². The maximum absolute atomic E-state index is 14.4. The van der Waals surface area contributed by atoms with Crippen LogP contribution in [0.15, 0.2) is 121 Å². The third-order valence-corrected chi connectivity index (χ3v) is 16.6. The van der Waals surface area contributed by atoms with Gasteiger partial charge in [0.2, 0.25) is 0 Å². The molecular weight excluding hydrogens is 686 g/mol. The fourth-order valence-corrected chi connectivity index (χ4v) is 13.3. The Kier molecular flexibility index (Phi) is 11.1. The van der Waals surface area contributed by atoms with Crippen LogP contribution in [0.2, 0.25) is 5.04 Å². The highest BCUT2D eigenvalue weighted by Crippen LogP contribution is 2.45. The molecule has 0 saturated carbocycles. The van der Waals surface area contributed by atoms with Gasteiger partial charge < -0.3 is 9.74 Å². The molecule has 1 aliphatic rings. The highest BCUT2D eigenvalue weighted by Gasteiger charge is 2.50. The molecule has 9 heteroatoms. The lowest BCUT2D eigenvalue weighted by molar-refractivity contribution is 0.0945. The lowest BCUT2D eigenvalue weighted by atomic mass is 9.96. The molecule has 5 aromatic rings. The van der Waals surface area contributed by atoms with Crippen molar-refractivity contribution in [1.82, 2.24) is 14.6 Å². The average molecular weight is 734 g/mol. The molecule has 0 saturated heterocycles. The standard InChI is InChI=1S/C43H48FN3O3SSi/c1-42(2,3)51(49)47-30-33-28-37(41(48)45-29-32-20-16-17-25-36(32)44)46-40(31-18-10-7-11-19-31)39(33)38(47)26-27-50-52(43(4,5)6,34-21-12-8-13-22-34)35-23-14-9-15-24-35/h7-25,28,38H,26-27,29-30H2,1-6H3,(H,45,48)/t38-,51-/m1/s1. The maximum atomic E-state index is 14.4. The summed E-state index contributed by atoms with van der Waals surface area (Å²) in [5.74, 6) is -0.775. The first-order valence-corrected chi connectivity index (χ1v) is 20.9. The first kappa shape index (κ1) is 37.5. The van der Waals surface area contributed by atoms with Crippen molar-refractivity contribution in [3.63, 3.8) is 0 Å². The predicted molar refractivity (Wildman–Crippen MR) is 212 cm³/mol. The summed E-state index contributed by atoms with van der Waals surface area (Å²) >= 11 is 0. The second kappa shape index (κ2) is 15.4. The van der Waals surface area contributed by atoms with Crippen molar-refractivity contribution in [1.29, 1.82) is 0 Å². The van der Waals surface area contributed by atoms with Gasteiger partial charge in [-0.15, -0.1) is 0 Å². The van der Waals surface area contributed by atoms with E-state index in [1.54, 1.807) is 18.2 Å². The minimum atomic E-state index is -2.83. The van der Waals surface area contributed by atoms with Gasteiger partial charge in [0.1, 0.15) is 22.5 Å². The predicted octanol–water partition coefficient (Wildman–Crippen LogP) is 8.10. The molecular formula is C43H48FN3O3SSi. The van der Waals surface area contributed by atoms with Crippen LogP contribution in [0.5, 0.6) is 0 Å². The van der Waals surface area contributed by atoms with Crippen molar-refractivity contribution in [2.24, 2.45) is 0 Å². The van der Waals surface area contributed by atoms with Crippen LogP contribution in [-0.4, -0.2) is 39.1 Å². The average Bonchev–Trinajstić information content (AvgIpc) is 3.50. The first-order valence-electron chi connectivity index (χ1n) is 17.9. The van der Waals surface area contributed by atoms with Gasteiger partial charge in [0, 0.05) is 36.4 Å². The zero-order valence-electron chi connectivity index (χ0n) is 30.9. The number of carbonyl (C=O) groups is 1. The smallest absolute Gasteiger partial charge is 0.270 e. The molecule has 1 amide bonds. The summed E-state index contributed by atoms with van der Waals surface area (Å²) in [6.07, 6.45) is 0.569. The molecule has 2 heterocycles. The van der Waals surface area contributed by atoms with E-state index in [4.69, 9.17) is 9.41 Å². The van der Waals surface area contributed by atoms with Gasteiger partial charge in [-0.1, -0.05) is 130 Å². The van der Waals surface area contributed by atoms with Crippen LogP contribution in [0.1, 0.15) is 81.2 Å². The third-order valence-electron chi connectivity index (χ3n) is 9.69. The van der Waals surface area contributed by atoms with E-state index < -0.39 is 30.0 Å². The molecule has 2 atom stereocenters. The fraction of sp³-hybridized carbons (Fsp3) is 0.302. The van der Waals surface area contributed by atoms with Crippen LogP contribution in [0.4, 0.5) is 4.39 Å². The zero-order chi connectivity index (χ0) is 37.1. The summed E-state index contributed by atoms with van der Waals surface area (Å²) in [5.41, 5.74) is 4.04. The van der Waals surface area contributed by atoms with Crippen molar-refractivity contribution < 1.29 is 17.8 Å². The number of nitrogens with one attached hydrogen (secondary N) is 1. The van der Waals surface area contributed by atoms with Crippen molar-refractivity contribution in [3.05, 3.63) is 150 Å². The molecule has 1 aromatic heterocycles. The van der Waals surface area contributed by atoms with E-state index in [0.29, 0.717) is 30.8 Å². The van der Waals surface area contributed by atoms with Gasteiger partial charge in [-0.25, -0.2) is 17.9 Å². The Balaban J connectivity index is 1.41. The summed E-state index contributed by atoms with van der Waals surface area (Å²) in [6.45, 7) is 13.6. The Morgan fingerprint density at radius 2 is 1.42 bits per heavy atom. The molecule has 1 N–H and O–H groups in total. The molecule has 0 aliphatic carbocycles. The molecule has 270 valence electrons. The molecule has 6 rings (SSSR count).